The van der Waals surface area contributed by atoms with Gasteiger partial charge in [-0.25, -0.2) is 0 Å². The molecule has 0 saturated heterocycles. The summed E-state index contributed by atoms with van der Waals surface area (Å²) in [5.41, 5.74) is 0.958. The molecule has 1 atom stereocenters. The van der Waals surface area contributed by atoms with Gasteiger partial charge >= 0.3 is 6.08 Å². The summed E-state index contributed by atoms with van der Waals surface area (Å²) >= 11 is 0. The summed E-state index contributed by atoms with van der Waals surface area (Å²) < 4.78 is 11.1. The number of nitrogens with one attached hydrogen (secondary N) is 1. The number of hydrogen-bond donors (Lipinski definition) is 1. The van der Waals surface area contributed by atoms with Gasteiger partial charge in [-0.1, -0.05) is 26.2 Å². The van der Waals surface area contributed by atoms with E-state index in [1.807, 2.05) is 0 Å². The van der Waals surface area contributed by atoms with Crippen molar-refractivity contribution in [2.75, 3.05) is 0 Å². The number of hydrogen-bond acceptors (Lipinski definition) is 4. The number of ether oxygens (including phenoxy) is 1. The smallest absolute Gasteiger partial charge is 0.393 e. The Morgan fingerprint density at radius 3 is 2.70 bits per heavy atom. The van der Waals surface area contributed by atoms with E-state index in [0.29, 0.717) is 12.6 Å². The van der Waals surface area contributed by atoms with Gasteiger partial charge in [-0.05, 0) is 40.5 Å². The van der Waals surface area contributed by atoms with Gasteiger partial charge in [0.2, 0.25) is 0 Å². The van der Waals surface area contributed by atoms with Crippen molar-refractivity contribution in [3.63, 3.8) is 0 Å². The van der Waals surface area contributed by atoms with Crippen LogP contribution in [0.15, 0.2) is 10.7 Å². The fraction of sp³-hybridized carbons (Fsp3) is 0.812. The second-order valence-corrected chi connectivity index (χ2v) is 6.49. The molecule has 0 radical (unpaired) electrons. The molecule has 0 fully saturated rings. The summed E-state index contributed by atoms with van der Waals surface area (Å²) in [6.07, 6.45) is 8.31. The molecular weight excluding hydrogens is 252 g/mol. The lowest BCUT2D eigenvalue weighted by Gasteiger charge is -2.19. The van der Waals surface area contributed by atoms with Gasteiger partial charge in [0.15, 0.2) is 0 Å². The predicted molar refractivity (Wildman–Crippen MR) is 81.9 cm³/mol. The largest absolute Gasteiger partial charge is 0.447 e. The summed E-state index contributed by atoms with van der Waals surface area (Å²) in [6.45, 7) is 11.4. The van der Waals surface area contributed by atoms with Crippen LogP contribution >= 0.6 is 0 Å². The van der Waals surface area contributed by atoms with Crippen LogP contribution in [0.3, 0.4) is 0 Å². The van der Waals surface area contributed by atoms with Crippen LogP contribution in [-0.4, -0.2) is 16.6 Å². The molecule has 0 bridgehead atoms. The van der Waals surface area contributed by atoms with Crippen LogP contribution in [0, 0.1) is 0 Å². The monoisotopic (exact) mass is 282 g/mol. The second kappa shape index (κ2) is 8.30. The number of aromatic nitrogens is 1. The van der Waals surface area contributed by atoms with Gasteiger partial charge in [0.25, 0.3) is 0 Å². The van der Waals surface area contributed by atoms with Crippen molar-refractivity contribution in [2.45, 2.75) is 84.9 Å². The third kappa shape index (κ3) is 7.53. The van der Waals surface area contributed by atoms with E-state index in [1.54, 1.807) is 6.26 Å². The summed E-state index contributed by atoms with van der Waals surface area (Å²) in [7, 11) is 0. The molecule has 0 aliphatic rings. The maximum absolute atomic E-state index is 5.70. The van der Waals surface area contributed by atoms with Crippen molar-refractivity contribution >= 4 is 0 Å². The fourth-order valence-electron chi connectivity index (χ4n) is 1.87. The Hall–Kier alpha value is -1.03. The van der Waals surface area contributed by atoms with Gasteiger partial charge in [-0.3, -0.25) is 0 Å². The van der Waals surface area contributed by atoms with Crippen molar-refractivity contribution in [3.8, 4) is 6.08 Å². The van der Waals surface area contributed by atoms with Crippen LogP contribution in [0.2, 0.25) is 0 Å². The number of nitrogens with zero attached hydrogens (tertiary/aromatic N) is 1. The van der Waals surface area contributed by atoms with Crippen molar-refractivity contribution in [2.24, 2.45) is 0 Å². The van der Waals surface area contributed by atoms with Crippen molar-refractivity contribution in [3.05, 3.63) is 12.0 Å². The first-order chi connectivity index (χ1) is 9.40. The topological polar surface area (TPSA) is 47.3 Å². The van der Waals surface area contributed by atoms with E-state index < -0.39 is 0 Å². The molecule has 1 unspecified atom stereocenters. The normalized spacial score (nSPS) is 13.4. The van der Waals surface area contributed by atoms with E-state index in [1.165, 1.54) is 25.7 Å². The molecule has 0 saturated carbocycles. The molecule has 1 N–H and O–H groups in total. The Morgan fingerprint density at radius 2 is 2.05 bits per heavy atom. The zero-order valence-electron chi connectivity index (χ0n) is 13.7. The highest BCUT2D eigenvalue weighted by molar-refractivity contribution is 5.00. The Kier molecular flexibility index (Phi) is 7.06. The first-order valence-corrected chi connectivity index (χ1v) is 7.77. The first kappa shape index (κ1) is 17.0. The predicted octanol–water partition coefficient (Wildman–Crippen LogP) is 4.30. The van der Waals surface area contributed by atoms with Gasteiger partial charge in [0.1, 0.15) is 12.4 Å². The Bertz CT molecular complexity index is 369. The standard InChI is InChI=1S/C16H30N2O2/c1-6-7-8-9-10-13(2)20-15-18-14(12-19-15)11-17-16(3,4)5/h12-13,17H,6-11H2,1-5H3. The van der Waals surface area contributed by atoms with Crippen molar-refractivity contribution in [1.29, 1.82) is 0 Å². The maximum atomic E-state index is 5.70. The molecule has 116 valence electrons. The highest BCUT2D eigenvalue weighted by Gasteiger charge is 2.13. The van der Waals surface area contributed by atoms with Gasteiger partial charge in [-0.15, -0.1) is 0 Å². The van der Waals surface area contributed by atoms with E-state index in [4.69, 9.17) is 9.15 Å². The second-order valence-electron chi connectivity index (χ2n) is 6.49. The summed E-state index contributed by atoms with van der Waals surface area (Å²) in [5.74, 6) is 0. The molecule has 4 heteroatoms. The van der Waals surface area contributed by atoms with Crippen LogP contribution < -0.4 is 10.1 Å². The summed E-state index contributed by atoms with van der Waals surface area (Å²) in [4.78, 5) is 4.35. The van der Waals surface area contributed by atoms with E-state index in [9.17, 15) is 0 Å². The molecule has 0 amide bonds. The molecule has 1 rings (SSSR count). The SMILES string of the molecule is CCCCCCC(C)Oc1nc(CNC(C)(C)C)co1. The third-order valence-electron chi connectivity index (χ3n) is 3.10. The van der Waals surface area contributed by atoms with E-state index in [2.05, 4.69) is 44.9 Å². The molecule has 0 spiro atoms. The van der Waals surface area contributed by atoms with Gasteiger partial charge in [0, 0.05) is 12.1 Å². The number of oxazole rings is 1. The molecule has 0 aliphatic heterocycles. The Balaban J connectivity index is 2.28. The molecule has 0 aromatic carbocycles. The average molecular weight is 282 g/mol. The first-order valence-electron chi connectivity index (χ1n) is 7.77. The minimum atomic E-state index is 0.0759. The van der Waals surface area contributed by atoms with Crippen LogP contribution in [0.4, 0.5) is 0 Å². The Morgan fingerprint density at radius 1 is 1.30 bits per heavy atom. The average Bonchev–Trinajstić information content (AvgIpc) is 2.79. The lowest BCUT2D eigenvalue weighted by Crippen LogP contribution is -2.35. The van der Waals surface area contributed by atoms with Crippen molar-refractivity contribution < 1.29 is 9.15 Å². The lowest BCUT2D eigenvalue weighted by atomic mass is 10.1. The minimum Gasteiger partial charge on any atom is -0.447 e. The minimum absolute atomic E-state index is 0.0759. The summed E-state index contributed by atoms with van der Waals surface area (Å²) in [5, 5.41) is 3.38. The van der Waals surface area contributed by atoms with E-state index in [-0.39, 0.29) is 11.6 Å². The van der Waals surface area contributed by atoms with Crippen LogP contribution in [0.25, 0.3) is 0 Å². The Labute approximate surface area is 123 Å². The maximum Gasteiger partial charge on any atom is 0.393 e. The highest BCUT2D eigenvalue weighted by atomic mass is 16.6. The molecule has 20 heavy (non-hydrogen) atoms. The highest BCUT2D eigenvalue weighted by Crippen LogP contribution is 2.15. The van der Waals surface area contributed by atoms with E-state index in [0.717, 1.165) is 12.1 Å². The molecule has 1 aromatic rings. The molecule has 4 nitrogen and oxygen atoms in total. The van der Waals surface area contributed by atoms with Gasteiger partial charge < -0.3 is 14.5 Å². The number of rotatable bonds is 9. The zero-order chi connectivity index (χ0) is 15.0. The van der Waals surface area contributed by atoms with Gasteiger partial charge in [0.05, 0.1) is 5.69 Å². The lowest BCUT2D eigenvalue weighted by molar-refractivity contribution is 0.151. The van der Waals surface area contributed by atoms with Crippen LogP contribution in [0.1, 0.15) is 72.4 Å². The third-order valence-corrected chi connectivity index (χ3v) is 3.10. The van der Waals surface area contributed by atoms with Crippen molar-refractivity contribution in [1.82, 2.24) is 10.3 Å². The zero-order valence-corrected chi connectivity index (χ0v) is 13.7. The fourth-order valence-corrected chi connectivity index (χ4v) is 1.87. The quantitative estimate of drug-likeness (QED) is 0.686. The molecule has 1 heterocycles. The van der Waals surface area contributed by atoms with Crippen LogP contribution in [0.5, 0.6) is 6.08 Å². The summed E-state index contributed by atoms with van der Waals surface area (Å²) in [6, 6.07) is 0. The molecular formula is C16H30N2O2. The van der Waals surface area contributed by atoms with E-state index >= 15 is 0 Å². The molecule has 1 aromatic heterocycles. The van der Waals surface area contributed by atoms with Crippen LogP contribution in [-0.2, 0) is 6.54 Å². The van der Waals surface area contributed by atoms with Gasteiger partial charge in [-0.2, -0.15) is 4.98 Å². The molecule has 0 aliphatic carbocycles. The number of unbranched alkanes of at least 4 members (excludes halogenated alkanes) is 3.